The van der Waals surface area contributed by atoms with Gasteiger partial charge in [-0.1, -0.05) is 12.1 Å². The lowest BCUT2D eigenvalue weighted by Crippen LogP contribution is -2.26. The topological polar surface area (TPSA) is 32.3 Å². The van der Waals surface area contributed by atoms with Gasteiger partial charge in [-0.05, 0) is 17.7 Å². The van der Waals surface area contributed by atoms with Gasteiger partial charge in [0.25, 0.3) is 0 Å². The van der Waals surface area contributed by atoms with Crippen LogP contribution >= 0.6 is 0 Å². The van der Waals surface area contributed by atoms with Gasteiger partial charge in [0.2, 0.25) is 5.91 Å². The maximum atomic E-state index is 12.6. The number of rotatable bonds is 5. The molecule has 0 aliphatic rings. The second-order valence-electron chi connectivity index (χ2n) is 3.84. The number of hydrogen-bond donors (Lipinski definition) is 1. The Hall–Kier alpha value is -1.42. The molecule has 1 aromatic carbocycles. The summed E-state index contributed by atoms with van der Waals surface area (Å²) in [4.78, 5) is 12.8. The fraction of sp³-hybridized carbons (Fsp3) is 0.417. The fourth-order valence-corrected chi connectivity index (χ4v) is 1.25. The summed E-state index contributed by atoms with van der Waals surface area (Å²) in [7, 11) is 3.48. The summed E-state index contributed by atoms with van der Waals surface area (Å²) in [5.74, 6) is -0.127. The molecule has 16 heavy (non-hydrogen) atoms. The molecule has 0 aliphatic carbocycles. The molecule has 0 aromatic heterocycles. The van der Waals surface area contributed by atoms with E-state index in [4.69, 9.17) is 0 Å². The van der Waals surface area contributed by atoms with Gasteiger partial charge in [0.15, 0.2) is 0 Å². The standard InChI is InChI=1S/C12H17FN2O/c1-15(2)12(16)7-8-14-9-10-3-5-11(13)6-4-10/h3-6,14H,7-9H2,1-2H3. The van der Waals surface area contributed by atoms with Crippen molar-refractivity contribution in [1.82, 2.24) is 10.2 Å². The van der Waals surface area contributed by atoms with Crippen LogP contribution in [0.1, 0.15) is 12.0 Å². The van der Waals surface area contributed by atoms with Crippen LogP contribution in [0.5, 0.6) is 0 Å². The molecule has 0 fully saturated rings. The summed E-state index contributed by atoms with van der Waals surface area (Å²) in [6, 6.07) is 6.33. The van der Waals surface area contributed by atoms with Crippen molar-refractivity contribution in [2.45, 2.75) is 13.0 Å². The van der Waals surface area contributed by atoms with E-state index in [0.29, 0.717) is 19.5 Å². The van der Waals surface area contributed by atoms with E-state index in [-0.39, 0.29) is 11.7 Å². The van der Waals surface area contributed by atoms with Gasteiger partial charge in [0.05, 0.1) is 0 Å². The quantitative estimate of drug-likeness (QED) is 0.767. The zero-order valence-electron chi connectivity index (χ0n) is 9.66. The van der Waals surface area contributed by atoms with Crippen molar-refractivity contribution in [3.05, 3.63) is 35.6 Å². The molecule has 1 rings (SSSR count). The van der Waals surface area contributed by atoms with Crippen molar-refractivity contribution in [2.75, 3.05) is 20.6 Å². The van der Waals surface area contributed by atoms with E-state index in [0.717, 1.165) is 5.56 Å². The van der Waals surface area contributed by atoms with Crippen LogP contribution in [0, 0.1) is 5.82 Å². The minimum atomic E-state index is -0.230. The third-order valence-corrected chi connectivity index (χ3v) is 2.26. The highest BCUT2D eigenvalue weighted by Gasteiger charge is 2.02. The number of amides is 1. The molecule has 4 heteroatoms. The monoisotopic (exact) mass is 224 g/mol. The van der Waals surface area contributed by atoms with Gasteiger partial charge in [0.1, 0.15) is 5.82 Å². The van der Waals surface area contributed by atoms with Gasteiger partial charge in [-0.25, -0.2) is 4.39 Å². The maximum absolute atomic E-state index is 12.6. The van der Waals surface area contributed by atoms with Crippen LogP contribution in [0.2, 0.25) is 0 Å². The minimum absolute atomic E-state index is 0.103. The molecule has 0 spiro atoms. The molecule has 0 saturated heterocycles. The van der Waals surface area contributed by atoms with Gasteiger partial charge in [-0.3, -0.25) is 4.79 Å². The number of halogens is 1. The van der Waals surface area contributed by atoms with Gasteiger partial charge >= 0.3 is 0 Å². The molecule has 0 unspecified atom stereocenters. The van der Waals surface area contributed by atoms with Crippen molar-refractivity contribution in [3.63, 3.8) is 0 Å². The lowest BCUT2D eigenvalue weighted by molar-refractivity contribution is -0.128. The second kappa shape index (κ2) is 6.23. The normalized spacial score (nSPS) is 10.2. The molecule has 88 valence electrons. The Morgan fingerprint density at radius 3 is 2.50 bits per heavy atom. The maximum Gasteiger partial charge on any atom is 0.223 e. The highest BCUT2D eigenvalue weighted by atomic mass is 19.1. The van der Waals surface area contributed by atoms with Gasteiger partial charge in [0, 0.05) is 33.6 Å². The van der Waals surface area contributed by atoms with Crippen LogP contribution in [-0.4, -0.2) is 31.4 Å². The summed E-state index contributed by atoms with van der Waals surface area (Å²) in [5, 5.41) is 3.14. The summed E-state index contributed by atoms with van der Waals surface area (Å²) >= 11 is 0. The van der Waals surface area contributed by atoms with Crippen molar-refractivity contribution in [1.29, 1.82) is 0 Å². The van der Waals surface area contributed by atoms with E-state index in [1.165, 1.54) is 12.1 Å². The molecular weight excluding hydrogens is 207 g/mol. The van der Waals surface area contributed by atoms with E-state index < -0.39 is 0 Å². The number of nitrogens with one attached hydrogen (secondary N) is 1. The number of carbonyl (C=O) groups excluding carboxylic acids is 1. The van der Waals surface area contributed by atoms with E-state index in [1.54, 1.807) is 31.1 Å². The SMILES string of the molecule is CN(C)C(=O)CCNCc1ccc(F)cc1. The number of carbonyl (C=O) groups is 1. The van der Waals surface area contributed by atoms with Crippen LogP contribution in [0.4, 0.5) is 4.39 Å². The molecule has 0 heterocycles. The molecule has 0 aliphatic heterocycles. The van der Waals surface area contributed by atoms with Gasteiger partial charge < -0.3 is 10.2 Å². The average molecular weight is 224 g/mol. The third kappa shape index (κ3) is 4.40. The van der Waals surface area contributed by atoms with Crippen LogP contribution in [-0.2, 0) is 11.3 Å². The first-order valence-electron chi connectivity index (χ1n) is 5.25. The summed E-state index contributed by atoms with van der Waals surface area (Å²) < 4.78 is 12.6. The molecule has 1 amide bonds. The highest BCUT2D eigenvalue weighted by molar-refractivity contribution is 5.75. The van der Waals surface area contributed by atoms with Crippen molar-refractivity contribution >= 4 is 5.91 Å². The summed E-state index contributed by atoms with van der Waals surface area (Å²) in [5.41, 5.74) is 1.01. The van der Waals surface area contributed by atoms with Gasteiger partial charge in [-0.15, -0.1) is 0 Å². The van der Waals surface area contributed by atoms with Gasteiger partial charge in [-0.2, -0.15) is 0 Å². The Balaban J connectivity index is 2.21. The molecule has 0 atom stereocenters. The van der Waals surface area contributed by atoms with Crippen LogP contribution in [0.3, 0.4) is 0 Å². The zero-order chi connectivity index (χ0) is 12.0. The Morgan fingerprint density at radius 2 is 1.94 bits per heavy atom. The molecule has 1 aromatic rings. The third-order valence-electron chi connectivity index (χ3n) is 2.26. The largest absolute Gasteiger partial charge is 0.349 e. The van der Waals surface area contributed by atoms with E-state index in [1.807, 2.05) is 0 Å². The first-order chi connectivity index (χ1) is 7.59. The number of hydrogen-bond acceptors (Lipinski definition) is 2. The Labute approximate surface area is 95.3 Å². The van der Waals surface area contributed by atoms with E-state index in [2.05, 4.69) is 5.32 Å². The average Bonchev–Trinajstić information content (AvgIpc) is 2.26. The van der Waals surface area contributed by atoms with Crippen molar-refractivity contribution < 1.29 is 9.18 Å². The van der Waals surface area contributed by atoms with E-state index in [9.17, 15) is 9.18 Å². The fourth-order valence-electron chi connectivity index (χ4n) is 1.25. The molecule has 1 N–H and O–H groups in total. The number of benzene rings is 1. The van der Waals surface area contributed by atoms with Crippen LogP contribution < -0.4 is 5.32 Å². The summed E-state index contributed by atoms with van der Waals surface area (Å²) in [6.07, 6.45) is 0.480. The van der Waals surface area contributed by atoms with Crippen molar-refractivity contribution in [2.24, 2.45) is 0 Å². The lowest BCUT2D eigenvalue weighted by Gasteiger charge is -2.10. The Morgan fingerprint density at radius 1 is 1.31 bits per heavy atom. The van der Waals surface area contributed by atoms with Crippen molar-refractivity contribution in [3.8, 4) is 0 Å². The molecule has 3 nitrogen and oxygen atoms in total. The molecule has 0 saturated carbocycles. The Bertz CT molecular complexity index is 335. The summed E-state index contributed by atoms with van der Waals surface area (Å²) in [6.45, 7) is 1.29. The smallest absolute Gasteiger partial charge is 0.223 e. The first-order valence-corrected chi connectivity index (χ1v) is 5.25. The minimum Gasteiger partial charge on any atom is -0.349 e. The Kier molecular flexibility index (Phi) is 4.92. The highest BCUT2D eigenvalue weighted by Crippen LogP contribution is 2.01. The molecule has 0 radical (unpaired) electrons. The molecule has 0 bridgehead atoms. The second-order valence-corrected chi connectivity index (χ2v) is 3.84. The predicted molar refractivity (Wildman–Crippen MR) is 61.4 cm³/mol. The van der Waals surface area contributed by atoms with E-state index >= 15 is 0 Å². The van der Waals surface area contributed by atoms with Crippen LogP contribution in [0.15, 0.2) is 24.3 Å². The van der Waals surface area contributed by atoms with Crippen LogP contribution in [0.25, 0.3) is 0 Å². The molecular formula is C12H17FN2O. The predicted octanol–water partition coefficient (Wildman–Crippen LogP) is 1.39. The first kappa shape index (κ1) is 12.6. The number of nitrogens with zero attached hydrogens (tertiary/aromatic N) is 1. The lowest BCUT2D eigenvalue weighted by atomic mass is 10.2. The zero-order valence-corrected chi connectivity index (χ0v) is 9.66.